The molecule has 4 saturated carbocycles. The third-order valence-electron chi connectivity index (χ3n) is 5.70. The van der Waals surface area contributed by atoms with Crippen molar-refractivity contribution in [3.8, 4) is 0 Å². The molecule has 0 saturated heterocycles. The van der Waals surface area contributed by atoms with Crippen LogP contribution in [0.3, 0.4) is 0 Å². The summed E-state index contributed by atoms with van der Waals surface area (Å²) < 4.78 is 0.557. The monoisotopic (exact) mass is 350 g/mol. The van der Waals surface area contributed by atoms with Gasteiger partial charge in [-0.2, -0.15) is 0 Å². The van der Waals surface area contributed by atoms with Crippen molar-refractivity contribution in [2.75, 3.05) is 5.32 Å². The molecule has 0 aromatic heterocycles. The average molecular weight is 351 g/mol. The molecule has 5 heteroatoms. The molecule has 0 unspecified atom stereocenters. The highest BCUT2D eigenvalue weighted by atomic mass is 79.9. The number of nitro groups is 1. The molecule has 4 fully saturated rings. The third kappa shape index (κ3) is 2.35. The maximum absolute atomic E-state index is 10.9. The maximum atomic E-state index is 10.9. The minimum atomic E-state index is -0.350. The van der Waals surface area contributed by atoms with E-state index in [1.54, 1.807) is 6.07 Å². The zero-order valence-corrected chi connectivity index (χ0v) is 13.4. The Morgan fingerprint density at radius 3 is 2.24 bits per heavy atom. The van der Waals surface area contributed by atoms with Gasteiger partial charge >= 0.3 is 0 Å². The Balaban J connectivity index is 1.54. The molecule has 0 aliphatic heterocycles. The number of anilines is 1. The van der Waals surface area contributed by atoms with Gasteiger partial charge in [0, 0.05) is 17.8 Å². The van der Waals surface area contributed by atoms with Crippen molar-refractivity contribution in [2.24, 2.45) is 23.7 Å². The lowest BCUT2D eigenvalue weighted by Crippen LogP contribution is -2.51. The third-order valence-corrected chi connectivity index (χ3v) is 6.34. The van der Waals surface area contributed by atoms with Crippen LogP contribution in [0.2, 0.25) is 0 Å². The zero-order chi connectivity index (χ0) is 14.6. The zero-order valence-electron chi connectivity index (χ0n) is 11.8. The highest BCUT2D eigenvalue weighted by Crippen LogP contribution is 2.54. The van der Waals surface area contributed by atoms with Gasteiger partial charge < -0.3 is 5.32 Å². The van der Waals surface area contributed by atoms with Gasteiger partial charge in [0.15, 0.2) is 0 Å². The van der Waals surface area contributed by atoms with Crippen LogP contribution in [-0.2, 0) is 0 Å². The fourth-order valence-corrected chi connectivity index (χ4v) is 5.62. The van der Waals surface area contributed by atoms with Gasteiger partial charge in [0.05, 0.1) is 9.40 Å². The molecule has 4 bridgehead atoms. The van der Waals surface area contributed by atoms with E-state index in [0.717, 1.165) is 29.4 Å². The molecule has 21 heavy (non-hydrogen) atoms. The summed E-state index contributed by atoms with van der Waals surface area (Å²) in [7, 11) is 0. The van der Waals surface area contributed by atoms with Crippen LogP contribution in [0.15, 0.2) is 22.7 Å². The normalized spacial score (nSPS) is 36.7. The van der Waals surface area contributed by atoms with Gasteiger partial charge in [-0.15, -0.1) is 0 Å². The van der Waals surface area contributed by atoms with E-state index in [1.807, 2.05) is 12.1 Å². The number of benzene rings is 1. The fraction of sp³-hybridized carbons (Fsp3) is 0.625. The molecule has 0 spiro atoms. The number of hydrogen-bond acceptors (Lipinski definition) is 3. The van der Waals surface area contributed by atoms with Crippen LogP contribution in [0.5, 0.6) is 0 Å². The van der Waals surface area contributed by atoms with Crippen LogP contribution >= 0.6 is 15.9 Å². The molecule has 1 aromatic carbocycles. The minimum absolute atomic E-state index is 0.130. The summed E-state index contributed by atoms with van der Waals surface area (Å²) >= 11 is 3.31. The summed E-state index contributed by atoms with van der Waals surface area (Å²) in [6.45, 7) is 0. The Morgan fingerprint density at radius 1 is 1.10 bits per heavy atom. The number of nitrogens with zero attached hydrogens (tertiary/aromatic N) is 1. The van der Waals surface area contributed by atoms with Crippen LogP contribution in [0.25, 0.3) is 0 Å². The van der Waals surface area contributed by atoms with E-state index >= 15 is 0 Å². The maximum Gasteiger partial charge on any atom is 0.283 e. The molecule has 5 rings (SSSR count). The molecular weight excluding hydrogens is 332 g/mol. The van der Waals surface area contributed by atoms with Gasteiger partial charge in [0.25, 0.3) is 5.69 Å². The van der Waals surface area contributed by atoms with Crippen molar-refractivity contribution in [1.29, 1.82) is 0 Å². The van der Waals surface area contributed by atoms with Gasteiger partial charge in [0.1, 0.15) is 0 Å². The van der Waals surface area contributed by atoms with E-state index in [1.165, 1.54) is 32.1 Å². The van der Waals surface area contributed by atoms with Gasteiger partial charge in [-0.05, 0) is 83.8 Å². The second-order valence-electron chi connectivity index (χ2n) is 7.02. The molecule has 0 atom stereocenters. The Hall–Kier alpha value is -1.10. The predicted molar refractivity (Wildman–Crippen MR) is 85.3 cm³/mol. The van der Waals surface area contributed by atoms with Crippen LogP contribution in [0, 0.1) is 33.8 Å². The first-order valence-electron chi connectivity index (χ1n) is 7.80. The highest BCUT2D eigenvalue weighted by Gasteiger charge is 2.48. The van der Waals surface area contributed by atoms with Crippen molar-refractivity contribution in [1.82, 2.24) is 0 Å². The van der Waals surface area contributed by atoms with Crippen LogP contribution in [-0.4, -0.2) is 11.0 Å². The van der Waals surface area contributed by atoms with Crippen molar-refractivity contribution in [3.63, 3.8) is 0 Å². The lowest BCUT2D eigenvalue weighted by molar-refractivity contribution is -0.385. The van der Waals surface area contributed by atoms with E-state index < -0.39 is 0 Å². The molecule has 4 aliphatic carbocycles. The van der Waals surface area contributed by atoms with Gasteiger partial charge in [0.2, 0.25) is 0 Å². The molecule has 112 valence electrons. The first kappa shape index (κ1) is 13.6. The summed E-state index contributed by atoms with van der Waals surface area (Å²) in [5, 5.41) is 14.6. The van der Waals surface area contributed by atoms with Crippen molar-refractivity contribution in [2.45, 2.75) is 38.1 Å². The number of nitro benzene ring substituents is 1. The second-order valence-corrected chi connectivity index (χ2v) is 7.88. The summed E-state index contributed by atoms with van der Waals surface area (Å²) in [6, 6.07) is 5.84. The molecule has 0 heterocycles. The lowest BCUT2D eigenvalue weighted by atomic mass is 9.54. The standard InChI is InChI=1S/C16H19BrN2O2/c17-14-8-13(1-2-15(14)19(20)21)18-16-11-4-9-3-10(6-11)7-12(16)5-9/h1-2,8-12,16,18H,3-7H2. The van der Waals surface area contributed by atoms with E-state index in [4.69, 9.17) is 0 Å². The summed E-state index contributed by atoms with van der Waals surface area (Å²) in [6.07, 6.45) is 6.96. The number of nitrogens with one attached hydrogen (secondary N) is 1. The minimum Gasteiger partial charge on any atom is -0.382 e. The number of rotatable bonds is 3. The predicted octanol–water partition coefficient (Wildman–Crippen LogP) is 4.59. The van der Waals surface area contributed by atoms with Crippen LogP contribution in [0.1, 0.15) is 32.1 Å². The summed E-state index contributed by atoms with van der Waals surface area (Å²) in [5.41, 5.74) is 1.13. The van der Waals surface area contributed by atoms with Crippen molar-refractivity contribution >= 4 is 27.3 Å². The van der Waals surface area contributed by atoms with E-state index in [2.05, 4.69) is 21.2 Å². The average Bonchev–Trinajstić information content (AvgIpc) is 2.41. The molecular formula is C16H19BrN2O2. The largest absolute Gasteiger partial charge is 0.382 e. The van der Waals surface area contributed by atoms with E-state index in [0.29, 0.717) is 10.5 Å². The van der Waals surface area contributed by atoms with E-state index in [-0.39, 0.29) is 10.6 Å². The summed E-state index contributed by atoms with van der Waals surface area (Å²) in [4.78, 5) is 10.5. The smallest absolute Gasteiger partial charge is 0.283 e. The molecule has 4 nitrogen and oxygen atoms in total. The van der Waals surface area contributed by atoms with E-state index in [9.17, 15) is 10.1 Å². The number of halogens is 1. The van der Waals surface area contributed by atoms with Gasteiger partial charge in [-0.3, -0.25) is 10.1 Å². The first-order valence-corrected chi connectivity index (χ1v) is 8.60. The number of hydrogen-bond donors (Lipinski definition) is 1. The molecule has 0 amide bonds. The SMILES string of the molecule is O=[N+]([O-])c1ccc(NC2C3CC4CC(C3)CC2C4)cc1Br. The van der Waals surface area contributed by atoms with Crippen LogP contribution in [0.4, 0.5) is 11.4 Å². The second kappa shape index (κ2) is 4.97. The Bertz CT molecular complexity index is 562. The van der Waals surface area contributed by atoms with Gasteiger partial charge in [-0.1, -0.05) is 0 Å². The first-order chi connectivity index (χ1) is 10.1. The van der Waals surface area contributed by atoms with Crippen molar-refractivity contribution < 1.29 is 4.92 Å². The highest BCUT2D eigenvalue weighted by molar-refractivity contribution is 9.10. The molecule has 1 aromatic rings. The quantitative estimate of drug-likeness (QED) is 0.640. The molecule has 4 aliphatic rings. The van der Waals surface area contributed by atoms with Crippen LogP contribution < -0.4 is 5.32 Å². The molecule has 0 radical (unpaired) electrons. The summed E-state index contributed by atoms with van der Waals surface area (Å²) in [5.74, 6) is 3.54. The Kier molecular flexibility index (Phi) is 3.21. The molecule has 1 N–H and O–H groups in total. The van der Waals surface area contributed by atoms with Crippen molar-refractivity contribution in [3.05, 3.63) is 32.8 Å². The Morgan fingerprint density at radius 2 is 1.71 bits per heavy atom. The fourth-order valence-electron chi connectivity index (χ4n) is 5.10. The topological polar surface area (TPSA) is 55.2 Å². The lowest BCUT2D eigenvalue weighted by Gasteiger charge is -2.54. The Labute approximate surface area is 132 Å². The van der Waals surface area contributed by atoms with Gasteiger partial charge in [-0.25, -0.2) is 0 Å².